The van der Waals surface area contributed by atoms with Gasteiger partial charge in [0.1, 0.15) is 28.9 Å². The Morgan fingerprint density at radius 1 is 1.09 bits per heavy atom. The minimum atomic E-state index is -0.695. The third-order valence-electron chi connectivity index (χ3n) is 3.02. The predicted molar refractivity (Wildman–Crippen MR) is 86.2 cm³/mol. The van der Waals surface area contributed by atoms with E-state index in [4.69, 9.17) is 14.4 Å². The Kier molecular flexibility index (Phi) is 5.37. The van der Waals surface area contributed by atoms with E-state index >= 15 is 0 Å². The number of carbonyl (C=O) groups is 1. The van der Waals surface area contributed by atoms with Crippen LogP contribution in [0.5, 0.6) is 5.75 Å². The van der Waals surface area contributed by atoms with Crippen LogP contribution in [0.3, 0.4) is 0 Å². The van der Waals surface area contributed by atoms with E-state index in [9.17, 15) is 4.79 Å². The monoisotopic (exact) mass is 309 g/mol. The number of nitriles is 1. The van der Waals surface area contributed by atoms with Crippen LogP contribution < -0.4 is 4.74 Å². The van der Waals surface area contributed by atoms with Crippen molar-refractivity contribution in [2.75, 3.05) is 14.2 Å². The molecule has 1 heterocycles. The first-order valence-corrected chi connectivity index (χ1v) is 6.78. The molecule has 0 saturated heterocycles. The first-order valence-electron chi connectivity index (χ1n) is 6.78. The summed E-state index contributed by atoms with van der Waals surface area (Å²) < 4.78 is 15.1. The van der Waals surface area contributed by atoms with Crippen LogP contribution in [-0.2, 0) is 9.53 Å². The van der Waals surface area contributed by atoms with Gasteiger partial charge in [-0.3, -0.25) is 0 Å². The standard InChI is InChI=1S/C18H15NO4/c1-21-15-6-3-13(4-7-15)5-8-16-9-10-17(23-16)11-14(12-19)18(20)22-2/h3-11H,1-2H3. The molecule has 116 valence electrons. The smallest absolute Gasteiger partial charge is 0.348 e. The molecule has 0 fully saturated rings. The molecule has 0 atom stereocenters. The van der Waals surface area contributed by atoms with Crippen molar-refractivity contribution in [2.45, 2.75) is 0 Å². The fourth-order valence-electron chi connectivity index (χ4n) is 1.82. The maximum Gasteiger partial charge on any atom is 0.348 e. The number of methoxy groups -OCH3 is 2. The molecule has 1 aromatic carbocycles. The number of carbonyl (C=O) groups excluding carboxylic acids is 1. The highest BCUT2D eigenvalue weighted by molar-refractivity contribution is 5.97. The minimum Gasteiger partial charge on any atom is -0.497 e. The highest BCUT2D eigenvalue weighted by atomic mass is 16.5. The van der Waals surface area contributed by atoms with Crippen molar-refractivity contribution in [1.29, 1.82) is 5.26 Å². The number of hydrogen-bond donors (Lipinski definition) is 0. The average Bonchev–Trinajstić information content (AvgIpc) is 3.05. The molecule has 0 bridgehead atoms. The molecule has 0 unspecified atom stereocenters. The van der Waals surface area contributed by atoms with Gasteiger partial charge in [0, 0.05) is 6.08 Å². The molecule has 5 nitrogen and oxygen atoms in total. The molecule has 0 aliphatic rings. The summed E-state index contributed by atoms with van der Waals surface area (Å²) in [7, 11) is 2.84. The third kappa shape index (κ3) is 4.35. The zero-order valence-corrected chi connectivity index (χ0v) is 12.8. The van der Waals surface area contributed by atoms with E-state index < -0.39 is 5.97 Å². The summed E-state index contributed by atoms with van der Waals surface area (Å²) in [6, 6.07) is 12.8. The van der Waals surface area contributed by atoms with Crippen LogP contribution in [0, 0.1) is 11.3 Å². The van der Waals surface area contributed by atoms with Gasteiger partial charge in [-0.25, -0.2) is 4.79 Å². The molecule has 5 heteroatoms. The van der Waals surface area contributed by atoms with E-state index in [0.717, 1.165) is 11.3 Å². The van der Waals surface area contributed by atoms with Crippen molar-refractivity contribution in [3.63, 3.8) is 0 Å². The van der Waals surface area contributed by atoms with Gasteiger partial charge in [0.25, 0.3) is 0 Å². The SMILES string of the molecule is COC(=O)C(C#N)=Cc1ccc(C=Cc2ccc(OC)cc2)o1. The lowest BCUT2D eigenvalue weighted by molar-refractivity contribution is -0.135. The van der Waals surface area contributed by atoms with Crippen LogP contribution in [0.25, 0.3) is 18.2 Å². The Bertz CT molecular complexity index is 776. The minimum absolute atomic E-state index is 0.118. The van der Waals surface area contributed by atoms with Crippen molar-refractivity contribution in [2.24, 2.45) is 0 Å². The molecule has 0 radical (unpaired) electrons. The number of furan rings is 1. The molecule has 23 heavy (non-hydrogen) atoms. The average molecular weight is 309 g/mol. The van der Waals surface area contributed by atoms with Gasteiger partial charge in [-0.2, -0.15) is 5.26 Å². The number of esters is 1. The fourth-order valence-corrected chi connectivity index (χ4v) is 1.82. The molecule has 0 aliphatic heterocycles. The number of benzene rings is 1. The Morgan fingerprint density at radius 3 is 2.39 bits per heavy atom. The van der Waals surface area contributed by atoms with Crippen LogP contribution in [-0.4, -0.2) is 20.2 Å². The van der Waals surface area contributed by atoms with Gasteiger partial charge < -0.3 is 13.9 Å². The zero-order valence-electron chi connectivity index (χ0n) is 12.8. The summed E-state index contributed by atoms with van der Waals surface area (Å²) in [5.74, 6) is 1.11. The van der Waals surface area contributed by atoms with Crippen LogP contribution >= 0.6 is 0 Å². The number of hydrogen-bond acceptors (Lipinski definition) is 5. The molecule has 2 aromatic rings. The summed E-state index contributed by atoms with van der Waals surface area (Å²) in [6.07, 6.45) is 5.02. The van der Waals surface area contributed by atoms with Gasteiger partial charge >= 0.3 is 5.97 Å². The molecular weight excluding hydrogens is 294 g/mol. The van der Waals surface area contributed by atoms with E-state index in [2.05, 4.69) is 4.74 Å². The molecule has 0 aliphatic carbocycles. The summed E-state index contributed by atoms with van der Waals surface area (Å²) in [5.41, 5.74) is 0.874. The van der Waals surface area contributed by atoms with Crippen molar-refractivity contribution in [3.05, 3.63) is 59.1 Å². The van der Waals surface area contributed by atoms with E-state index in [0.29, 0.717) is 11.5 Å². The first-order chi connectivity index (χ1) is 11.2. The molecule has 1 aromatic heterocycles. The Morgan fingerprint density at radius 2 is 1.78 bits per heavy atom. The molecule has 0 spiro atoms. The lowest BCUT2D eigenvalue weighted by atomic mass is 10.2. The van der Waals surface area contributed by atoms with Crippen molar-refractivity contribution in [1.82, 2.24) is 0 Å². The van der Waals surface area contributed by atoms with Crippen LogP contribution in [0.4, 0.5) is 0 Å². The van der Waals surface area contributed by atoms with Gasteiger partial charge in [-0.05, 0) is 35.9 Å². The first kappa shape index (κ1) is 16.1. The quantitative estimate of drug-likeness (QED) is 0.480. The summed E-state index contributed by atoms with van der Waals surface area (Å²) >= 11 is 0. The summed E-state index contributed by atoms with van der Waals surface area (Å²) in [6.45, 7) is 0. The number of rotatable bonds is 5. The number of ether oxygens (including phenoxy) is 2. The van der Waals surface area contributed by atoms with E-state index in [-0.39, 0.29) is 5.57 Å². The topological polar surface area (TPSA) is 72.5 Å². The summed E-state index contributed by atoms with van der Waals surface area (Å²) in [4.78, 5) is 11.3. The largest absolute Gasteiger partial charge is 0.497 e. The Labute approximate surface area is 134 Å². The fraction of sp³-hybridized carbons (Fsp3) is 0.111. The molecule has 2 rings (SSSR count). The second kappa shape index (κ2) is 7.66. The van der Waals surface area contributed by atoms with E-state index in [1.165, 1.54) is 13.2 Å². The Hall–Kier alpha value is -3.26. The van der Waals surface area contributed by atoms with E-state index in [1.807, 2.05) is 30.3 Å². The van der Waals surface area contributed by atoms with Gasteiger partial charge in [0.2, 0.25) is 0 Å². The second-order valence-corrected chi connectivity index (χ2v) is 4.51. The Balaban J connectivity index is 2.12. The molecular formula is C18H15NO4. The van der Waals surface area contributed by atoms with E-state index in [1.54, 1.807) is 31.4 Å². The lowest BCUT2D eigenvalue weighted by Gasteiger charge is -1.98. The van der Waals surface area contributed by atoms with Gasteiger partial charge in [-0.15, -0.1) is 0 Å². The van der Waals surface area contributed by atoms with Crippen molar-refractivity contribution >= 4 is 24.2 Å². The van der Waals surface area contributed by atoms with Gasteiger partial charge in [0.05, 0.1) is 14.2 Å². The normalized spacial score (nSPS) is 11.3. The highest BCUT2D eigenvalue weighted by Crippen LogP contribution is 2.17. The van der Waals surface area contributed by atoms with Crippen LogP contribution in [0.1, 0.15) is 17.1 Å². The highest BCUT2D eigenvalue weighted by Gasteiger charge is 2.09. The zero-order chi connectivity index (χ0) is 16.7. The summed E-state index contributed by atoms with van der Waals surface area (Å²) in [5, 5.41) is 8.91. The van der Waals surface area contributed by atoms with Gasteiger partial charge in [0.15, 0.2) is 0 Å². The van der Waals surface area contributed by atoms with Crippen molar-refractivity contribution < 1.29 is 18.7 Å². The molecule has 0 amide bonds. The van der Waals surface area contributed by atoms with Crippen LogP contribution in [0.15, 0.2) is 46.4 Å². The van der Waals surface area contributed by atoms with Crippen molar-refractivity contribution in [3.8, 4) is 11.8 Å². The molecule has 0 N–H and O–H groups in total. The second-order valence-electron chi connectivity index (χ2n) is 4.51. The number of nitrogens with zero attached hydrogens (tertiary/aromatic N) is 1. The predicted octanol–water partition coefficient (Wildman–Crippen LogP) is 3.54. The maximum absolute atomic E-state index is 11.3. The molecule has 0 saturated carbocycles. The van der Waals surface area contributed by atoms with Gasteiger partial charge in [-0.1, -0.05) is 18.2 Å². The lowest BCUT2D eigenvalue weighted by Crippen LogP contribution is -2.02. The third-order valence-corrected chi connectivity index (χ3v) is 3.02. The van der Waals surface area contributed by atoms with Crippen LogP contribution in [0.2, 0.25) is 0 Å². The maximum atomic E-state index is 11.3.